The van der Waals surface area contributed by atoms with Crippen molar-refractivity contribution in [3.63, 3.8) is 0 Å². The number of hydrogen-bond donors (Lipinski definition) is 3. The van der Waals surface area contributed by atoms with Gasteiger partial charge in [0.25, 0.3) is 10.0 Å². The zero-order valence-electron chi connectivity index (χ0n) is 14.7. The van der Waals surface area contributed by atoms with Crippen molar-refractivity contribution in [2.24, 2.45) is 16.1 Å². The summed E-state index contributed by atoms with van der Waals surface area (Å²) in [5.41, 5.74) is 9.97. The molecule has 0 amide bonds. The highest BCUT2D eigenvalue weighted by Crippen LogP contribution is 2.40. The van der Waals surface area contributed by atoms with Crippen LogP contribution in [0.4, 0.5) is 0 Å². The lowest BCUT2D eigenvalue weighted by Gasteiger charge is -2.24. The third-order valence-corrected chi connectivity index (χ3v) is 6.36. The Bertz CT molecular complexity index is 741. The summed E-state index contributed by atoms with van der Waals surface area (Å²) >= 11 is 0. The second-order valence-corrected chi connectivity index (χ2v) is 8.57. The third-order valence-electron chi connectivity index (χ3n) is 5.04. The second-order valence-electron chi connectivity index (χ2n) is 6.88. The quantitative estimate of drug-likeness (QED) is 0.550. The molecule has 0 bridgehead atoms. The molecular weight excluding hydrogens is 338 g/mol. The molecule has 0 radical (unpaired) electrons. The normalized spacial score (nSPS) is 20.4. The van der Waals surface area contributed by atoms with Gasteiger partial charge >= 0.3 is 0 Å². The number of nitrogens with one attached hydrogen (secondary N) is 2. The standard InChI is InChI=1S/C17H27N5O2S/c1-2-19-16(22-13-17(12-20-22)8-3-4-9-17)21-25(23,24)15-7-5-6-14(10-15)11-18/h5-7,10,20H,2-4,8-9,11-13,18H2,1H3,(H,19,21). The molecule has 138 valence electrons. The van der Waals surface area contributed by atoms with Crippen molar-refractivity contribution in [3.8, 4) is 0 Å². The molecule has 2 fully saturated rings. The van der Waals surface area contributed by atoms with Gasteiger partial charge in [-0.2, -0.15) is 0 Å². The Balaban J connectivity index is 1.78. The first-order valence-electron chi connectivity index (χ1n) is 8.85. The molecule has 7 nitrogen and oxygen atoms in total. The lowest BCUT2D eigenvalue weighted by atomic mass is 9.88. The van der Waals surface area contributed by atoms with Crippen molar-refractivity contribution >= 4 is 16.0 Å². The molecule has 0 aromatic heterocycles. The number of hydrazine groups is 1. The van der Waals surface area contributed by atoms with Crippen LogP contribution in [-0.2, 0) is 16.6 Å². The van der Waals surface area contributed by atoms with Crippen LogP contribution in [0.1, 0.15) is 38.2 Å². The van der Waals surface area contributed by atoms with E-state index in [1.165, 1.54) is 25.7 Å². The van der Waals surface area contributed by atoms with Gasteiger partial charge in [0.05, 0.1) is 4.90 Å². The molecule has 0 atom stereocenters. The topological polar surface area (TPSA) is 99.8 Å². The summed E-state index contributed by atoms with van der Waals surface area (Å²) in [6.07, 6.45) is 4.85. The minimum absolute atomic E-state index is 0.203. The highest BCUT2D eigenvalue weighted by atomic mass is 32.2. The highest BCUT2D eigenvalue weighted by molar-refractivity contribution is 7.90. The average Bonchev–Trinajstić information content (AvgIpc) is 3.25. The molecule has 1 aliphatic carbocycles. The molecule has 0 unspecified atom stereocenters. The largest absolute Gasteiger partial charge is 0.326 e. The van der Waals surface area contributed by atoms with Crippen LogP contribution < -0.4 is 15.9 Å². The van der Waals surface area contributed by atoms with Gasteiger partial charge in [-0.3, -0.25) is 10.0 Å². The van der Waals surface area contributed by atoms with Crippen molar-refractivity contribution in [1.82, 2.24) is 15.2 Å². The first kappa shape index (κ1) is 18.2. The number of benzene rings is 1. The van der Waals surface area contributed by atoms with Crippen molar-refractivity contribution in [3.05, 3.63) is 29.8 Å². The van der Waals surface area contributed by atoms with Crippen LogP contribution in [0.25, 0.3) is 0 Å². The second kappa shape index (κ2) is 7.31. The summed E-state index contributed by atoms with van der Waals surface area (Å²) in [6.45, 7) is 4.36. The number of nitrogens with two attached hydrogens (primary N) is 1. The zero-order valence-corrected chi connectivity index (χ0v) is 15.5. The molecule has 8 heteroatoms. The fraction of sp³-hybridized carbons (Fsp3) is 0.588. The van der Waals surface area contributed by atoms with E-state index in [4.69, 9.17) is 5.73 Å². The van der Waals surface area contributed by atoms with E-state index in [1.54, 1.807) is 18.2 Å². The molecule has 2 aliphatic rings. The van der Waals surface area contributed by atoms with Crippen molar-refractivity contribution < 1.29 is 8.42 Å². The number of nitrogens with zero attached hydrogens (tertiary/aromatic N) is 2. The number of rotatable bonds is 4. The lowest BCUT2D eigenvalue weighted by molar-refractivity contribution is 0.320. The van der Waals surface area contributed by atoms with E-state index in [1.807, 2.05) is 18.0 Å². The molecule has 25 heavy (non-hydrogen) atoms. The van der Waals surface area contributed by atoms with Crippen molar-refractivity contribution in [2.45, 2.75) is 44.0 Å². The Morgan fingerprint density at radius 2 is 2.16 bits per heavy atom. The van der Waals surface area contributed by atoms with Gasteiger partial charge in [0.1, 0.15) is 0 Å². The van der Waals surface area contributed by atoms with E-state index in [0.29, 0.717) is 19.0 Å². The summed E-state index contributed by atoms with van der Waals surface area (Å²) in [5, 5.41) is 1.86. The van der Waals surface area contributed by atoms with Crippen LogP contribution >= 0.6 is 0 Å². The van der Waals surface area contributed by atoms with E-state index in [9.17, 15) is 8.42 Å². The van der Waals surface area contributed by atoms with Gasteiger partial charge in [-0.25, -0.2) is 18.6 Å². The van der Waals surface area contributed by atoms with Crippen LogP contribution in [0.3, 0.4) is 0 Å². The van der Waals surface area contributed by atoms with E-state index >= 15 is 0 Å². The van der Waals surface area contributed by atoms with Gasteiger partial charge in [-0.1, -0.05) is 25.0 Å². The molecule has 4 N–H and O–H groups in total. The minimum Gasteiger partial charge on any atom is -0.326 e. The molecule has 1 saturated carbocycles. The summed E-state index contributed by atoms with van der Waals surface area (Å²) in [7, 11) is -3.70. The van der Waals surface area contributed by atoms with E-state index in [-0.39, 0.29) is 10.3 Å². The maximum atomic E-state index is 12.8. The Morgan fingerprint density at radius 3 is 2.84 bits per heavy atom. The van der Waals surface area contributed by atoms with Gasteiger partial charge in [0.15, 0.2) is 0 Å². The maximum absolute atomic E-state index is 12.8. The summed E-state index contributed by atoms with van der Waals surface area (Å²) in [4.78, 5) is 4.58. The number of hydrogen-bond acceptors (Lipinski definition) is 5. The van der Waals surface area contributed by atoms with Crippen LogP contribution in [0, 0.1) is 5.41 Å². The summed E-state index contributed by atoms with van der Waals surface area (Å²) < 4.78 is 28.2. The van der Waals surface area contributed by atoms with Gasteiger partial charge in [0, 0.05) is 31.6 Å². The molecule has 1 saturated heterocycles. The number of aliphatic imine (C=N–C) groups is 1. The van der Waals surface area contributed by atoms with Crippen LogP contribution in [-0.4, -0.2) is 39.0 Å². The monoisotopic (exact) mass is 365 g/mol. The van der Waals surface area contributed by atoms with E-state index < -0.39 is 10.0 Å². The van der Waals surface area contributed by atoms with E-state index in [2.05, 4.69) is 15.1 Å². The highest BCUT2D eigenvalue weighted by Gasteiger charge is 2.41. The molecule has 1 aromatic rings. The van der Waals surface area contributed by atoms with Crippen LogP contribution in [0.2, 0.25) is 0 Å². The molecule has 1 spiro atoms. The van der Waals surface area contributed by atoms with Gasteiger partial charge < -0.3 is 5.73 Å². The average molecular weight is 366 g/mol. The predicted molar refractivity (Wildman–Crippen MR) is 98.2 cm³/mol. The summed E-state index contributed by atoms with van der Waals surface area (Å²) in [5.74, 6) is 0.365. The fourth-order valence-electron chi connectivity index (χ4n) is 3.66. The number of sulfonamides is 1. The van der Waals surface area contributed by atoms with Gasteiger partial charge in [-0.05, 0) is 37.5 Å². The maximum Gasteiger partial charge on any atom is 0.264 e. The molecule has 1 aromatic carbocycles. The summed E-state index contributed by atoms with van der Waals surface area (Å²) in [6, 6.07) is 6.68. The smallest absolute Gasteiger partial charge is 0.264 e. The van der Waals surface area contributed by atoms with Crippen LogP contribution in [0.15, 0.2) is 34.2 Å². The van der Waals surface area contributed by atoms with Crippen molar-refractivity contribution in [1.29, 1.82) is 0 Å². The minimum atomic E-state index is -3.70. The fourth-order valence-corrected chi connectivity index (χ4v) is 4.76. The Kier molecular flexibility index (Phi) is 5.31. The van der Waals surface area contributed by atoms with E-state index in [0.717, 1.165) is 18.7 Å². The van der Waals surface area contributed by atoms with Crippen molar-refractivity contribution in [2.75, 3.05) is 19.6 Å². The molecule has 1 aliphatic heterocycles. The number of guanidine groups is 1. The van der Waals surface area contributed by atoms with Gasteiger partial charge in [-0.15, -0.1) is 0 Å². The molecule has 1 heterocycles. The Labute approximate surface area is 149 Å². The molecular formula is C17H27N5O2S. The molecule has 3 rings (SSSR count). The van der Waals surface area contributed by atoms with Gasteiger partial charge in [0.2, 0.25) is 5.96 Å². The zero-order chi connectivity index (χ0) is 17.9. The first-order chi connectivity index (χ1) is 12.0. The Morgan fingerprint density at radius 1 is 1.40 bits per heavy atom. The SMILES string of the molecule is CCN=C(NS(=O)(=O)c1cccc(CN)c1)N1CC2(CCCC2)CN1. The Hall–Kier alpha value is -1.64. The third kappa shape index (κ3) is 3.96. The lowest BCUT2D eigenvalue weighted by Crippen LogP contribution is -2.47. The predicted octanol–water partition coefficient (Wildman–Crippen LogP) is 1.18. The first-order valence-corrected chi connectivity index (χ1v) is 10.3. The van der Waals surface area contributed by atoms with Crippen LogP contribution in [0.5, 0.6) is 0 Å².